The molecule has 0 radical (unpaired) electrons. The molecule has 0 aliphatic heterocycles. The van der Waals surface area contributed by atoms with E-state index in [0.717, 1.165) is 0 Å². The van der Waals surface area contributed by atoms with Crippen molar-refractivity contribution in [2.24, 2.45) is 5.73 Å². The summed E-state index contributed by atoms with van der Waals surface area (Å²) < 4.78 is 37.5. The molecule has 1 rings (SSSR count). The van der Waals surface area contributed by atoms with Crippen LogP contribution in [0.15, 0.2) is 18.1 Å². The fourth-order valence-electron chi connectivity index (χ4n) is 0.679. The van der Waals surface area contributed by atoms with E-state index in [0.29, 0.717) is 0 Å². The molecular weight excluding hydrogens is 186 g/mol. The summed E-state index contributed by atoms with van der Waals surface area (Å²) in [5.74, 6) is -3.85. The van der Waals surface area contributed by atoms with Gasteiger partial charge in [0.25, 0.3) is 0 Å². The zero-order valence-corrected chi connectivity index (χ0v) is 6.90. The van der Waals surface area contributed by atoms with Gasteiger partial charge in [-0.1, -0.05) is 6.04 Å². The van der Waals surface area contributed by atoms with E-state index < -0.39 is 53.6 Å². The van der Waals surface area contributed by atoms with Crippen molar-refractivity contribution in [2.45, 2.75) is 12.4 Å². The van der Waals surface area contributed by atoms with Gasteiger partial charge >= 0.3 is 5.97 Å². The third-order valence-corrected chi connectivity index (χ3v) is 1.34. The number of aliphatic carboxylic acids is 1. The first kappa shape index (κ1) is 5.21. The smallest absolute Gasteiger partial charge is 0.320 e. The Balaban J connectivity index is 3.64. The quantitative estimate of drug-likeness (QED) is 0.518. The van der Waals surface area contributed by atoms with Gasteiger partial charge < -0.3 is 21.1 Å². The molecule has 1 atom stereocenters. The molecule has 1 aromatic carbocycles. The second-order valence-corrected chi connectivity index (χ2v) is 2.41. The van der Waals surface area contributed by atoms with E-state index in [9.17, 15) is 15.0 Å². The van der Waals surface area contributed by atoms with Crippen LogP contribution < -0.4 is 5.73 Å². The van der Waals surface area contributed by atoms with Gasteiger partial charge in [0.15, 0.2) is 11.5 Å². The molecule has 1 aromatic rings. The van der Waals surface area contributed by atoms with Crippen LogP contribution in [-0.2, 0) is 11.2 Å². The van der Waals surface area contributed by atoms with Crippen LogP contribution in [0.1, 0.15) is 12.4 Å². The van der Waals surface area contributed by atoms with Crippen LogP contribution in [0, 0.1) is 0 Å². The van der Waals surface area contributed by atoms with E-state index in [1.54, 1.807) is 0 Å². The highest BCUT2D eigenvalue weighted by molar-refractivity contribution is 5.73. The number of benzene rings is 1. The molecule has 0 unspecified atom stereocenters. The Hall–Kier alpha value is -1.75. The lowest BCUT2D eigenvalue weighted by atomic mass is 10.1. The van der Waals surface area contributed by atoms with E-state index >= 15 is 0 Å². The Morgan fingerprint density at radius 1 is 1.57 bits per heavy atom. The van der Waals surface area contributed by atoms with Crippen LogP contribution in [0.2, 0.25) is 0 Å². The van der Waals surface area contributed by atoms with Crippen LogP contribution in [0.5, 0.6) is 11.5 Å². The number of hydrogen-bond acceptors (Lipinski definition) is 4. The minimum absolute atomic E-state index is 0.859. The van der Waals surface area contributed by atoms with Crippen molar-refractivity contribution in [3.8, 4) is 11.5 Å². The SMILES string of the molecule is [2H]c1c([2H])c(C([2H])([2H])[C@H](N)C(=O)O)c([2H])c(O)c1O. The average molecular weight is 202 g/mol. The van der Waals surface area contributed by atoms with Crippen LogP contribution >= 0.6 is 0 Å². The predicted molar refractivity (Wildman–Crippen MR) is 49.1 cm³/mol. The largest absolute Gasteiger partial charge is 0.504 e. The maximum absolute atomic E-state index is 10.7. The van der Waals surface area contributed by atoms with Crippen molar-refractivity contribution < 1.29 is 27.0 Å². The first-order valence-corrected chi connectivity index (χ1v) is 3.54. The monoisotopic (exact) mass is 202 g/mol. The van der Waals surface area contributed by atoms with Crippen molar-refractivity contribution in [3.05, 3.63) is 23.7 Å². The van der Waals surface area contributed by atoms with Crippen LogP contribution in [-0.4, -0.2) is 27.3 Å². The van der Waals surface area contributed by atoms with Crippen LogP contribution in [0.3, 0.4) is 0 Å². The minimum atomic E-state index is -2.86. The number of hydrogen-bond donors (Lipinski definition) is 4. The van der Waals surface area contributed by atoms with Crippen molar-refractivity contribution in [1.29, 1.82) is 0 Å². The molecule has 0 aliphatic rings. The van der Waals surface area contributed by atoms with E-state index in [-0.39, 0.29) is 0 Å². The van der Waals surface area contributed by atoms with E-state index in [4.69, 9.17) is 17.7 Å². The summed E-state index contributed by atoms with van der Waals surface area (Å²) >= 11 is 0. The number of carbonyl (C=O) groups is 1. The summed E-state index contributed by atoms with van der Waals surface area (Å²) in [6.07, 6.45) is -2.86. The molecule has 76 valence electrons. The van der Waals surface area contributed by atoms with Gasteiger partial charge in [-0.05, 0) is 24.0 Å². The van der Waals surface area contributed by atoms with E-state index in [1.165, 1.54) is 0 Å². The molecule has 0 amide bonds. The van der Waals surface area contributed by atoms with Crippen molar-refractivity contribution in [1.82, 2.24) is 0 Å². The summed E-state index contributed by atoms with van der Waals surface area (Å²) in [6.45, 7) is 0. The zero-order valence-electron chi connectivity index (χ0n) is 11.9. The van der Waals surface area contributed by atoms with Crippen molar-refractivity contribution in [3.63, 3.8) is 0 Å². The van der Waals surface area contributed by atoms with Crippen LogP contribution in [0.25, 0.3) is 0 Å². The Labute approximate surface area is 87.4 Å². The summed E-state index contributed by atoms with van der Waals surface area (Å²) in [6, 6.07) is -4.88. The summed E-state index contributed by atoms with van der Waals surface area (Å²) in [5, 5.41) is 27.3. The third kappa shape index (κ3) is 2.37. The fourth-order valence-corrected chi connectivity index (χ4v) is 0.679. The van der Waals surface area contributed by atoms with Gasteiger partial charge in [0.05, 0.1) is 4.11 Å². The van der Waals surface area contributed by atoms with Crippen LogP contribution in [0.4, 0.5) is 0 Å². The molecule has 0 saturated heterocycles. The lowest BCUT2D eigenvalue weighted by molar-refractivity contribution is -0.138. The lowest BCUT2D eigenvalue weighted by Gasteiger charge is -2.06. The van der Waals surface area contributed by atoms with E-state index in [2.05, 4.69) is 0 Å². The van der Waals surface area contributed by atoms with Crippen molar-refractivity contribution in [2.75, 3.05) is 0 Å². The van der Waals surface area contributed by atoms with Gasteiger partial charge in [0.2, 0.25) is 0 Å². The summed E-state index contributed by atoms with van der Waals surface area (Å²) in [5.41, 5.74) is 4.30. The molecule has 5 N–H and O–H groups in total. The Kier molecular flexibility index (Phi) is 1.48. The molecule has 5 nitrogen and oxygen atoms in total. The molecule has 0 saturated carbocycles. The topological polar surface area (TPSA) is 104 Å². The number of carboxylic acid groups (broad SMARTS) is 1. The van der Waals surface area contributed by atoms with Gasteiger partial charge in [-0.15, -0.1) is 0 Å². The average Bonchev–Trinajstić information content (AvgIpc) is 2.32. The Morgan fingerprint density at radius 3 is 2.79 bits per heavy atom. The summed E-state index contributed by atoms with van der Waals surface area (Å²) in [7, 11) is 0. The standard InChI is InChI=1S/C9H11NO4/c10-6(9(13)14)3-5-1-2-7(11)8(12)4-5/h1-2,4,6,11-12H,3,10H2,(H,13,14)/t6-/m0/s1/i1D,2D,3D2,4D. The van der Waals surface area contributed by atoms with Crippen molar-refractivity contribution >= 4 is 5.97 Å². The second-order valence-electron chi connectivity index (χ2n) is 2.41. The summed E-state index contributed by atoms with van der Waals surface area (Å²) in [4.78, 5) is 10.7. The minimum Gasteiger partial charge on any atom is -0.504 e. The molecule has 0 fully saturated rings. The molecule has 0 heterocycles. The zero-order chi connectivity index (χ0) is 15.1. The highest BCUT2D eigenvalue weighted by atomic mass is 16.4. The number of phenols is 2. The Morgan fingerprint density at radius 2 is 2.21 bits per heavy atom. The second kappa shape index (κ2) is 3.97. The fraction of sp³-hybridized carbons (Fsp3) is 0.222. The number of carboxylic acids is 1. The van der Waals surface area contributed by atoms with Gasteiger partial charge in [-0.2, -0.15) is 0 Å². The first-order chi connectivity index (χ1) is 8.53. The number of nitrogens with two attached hydrogens (primary N) is 1. The molecule has 0 bridgehead atoms. The maximum Gasteiger partial charge on any atom is 0.320 e. The number of rotatable bonds is 3. The predicted octanol–water partition coefficient (Wildman–Crippen LogP) is 0.0522. The van der Waals surface area contributed by atoms with Gasteiger partial charge in [-0.25, -0.2) is 0 Å². The normalized spacial score (nSPS) is 18.5. The first-order valence-electron chi connectivity index (χ1n) is 6.04. The Bertz CT molecular complexity index is 519. The molecule has 0 aromatic heterocycles. The highest BCUT2D eigenvalue weighted by Crippen LogP contribution is 2.25. The lowest BCUT2D eigenvalue weighted by Crippen LogP contribution is -2.32. The molecule has 0 aliphatic carbocycles. The van der Waals surface area contributed by atoms with Gasteiger partial charge in [-0.3, -0.25) is 4.79 Å². The number of phenolic OH excluding ortho intramolecular Hbond substituents is 2. The molecule has 14 heavy (non-hydrogen) atoms. The maximum atomic E-state index is 10.7. The van der Waals surface area contributed by atoms with E-state index in [1.807, 2.05) is 0 Å². The van der Waals surface area contributed by atoms with Gasteiger partial charge in [0.1, 0.15) is 6.04 Å². The molecular formula is C9H11NO4. The molecule has 5 heteroatoms. The highest BCUT2D eigenvalue weighted by Gasteiger charge is 2.12. The third-order valence-electron chi connectivity index (χ3n) is 1.34. The number of aromatic hydroxyl groups is 2. The van der Waals surface area contributed by atoms with Gasteiger partial charge in [0, 0.05) is 2.74 Å². The molecule has 0 spiro atoms.